The SMILES string of the molecule is Cc1cccc(S(=O)(=O)N2CC[C@H](CN)C2)c1. The lowest BCUT2D eigenvalue weighted by molar-refractivity contribution is 0.459. The summed E-state index contributed by atoms with van der Waals surface area (Å²) in [6.07, 6.45) is 0.863. The lowest BCUT2D eigenvalue weighted by atomic mass is 10.1. The Labute approximate surface area is 102 Å². The summed E-state index contributed by atoms with van der Waals surface area (Å²) in [5.41, 5.74) is 6.54. The molecule has 1 aliphatic rings. The van der Waals surface area contributed by atoms with Crippen molar-refractivity contribution in [1.29, 1.82) is 0 Å². The maximum absolute atomic E-state index is 12.3. The van der Waals surface area contributed by atoms with Crippen molar-refractivity contribution in [2.75, 3.05) is 19.6 Å². The van der Waals surface area contributed by atoms with Crippen LogP contribution in [-0.4, -0.2) is 32.4 Å². The summed E-state index contributed by atoms with van der Waals surface area (Å²) in [5.74, 6) is 0.301. The molecule has 1 saturated heterocycles. The van der Waals surface area contributed by atoms with Gasteiger partial charge in [-0.25, -0.2) is 8.42 Å². The van der Waals surface area contributed by atoms with Crippen LogP contribution in [0.2, 0.25) is 0 Å². The minimum absolute atomic E-state index is 0.301. The highest BCUT2D eigenvalue weighted by atomic mass is 32.2. The van der Waals surface area contributed by atoms with Crippen molar-refractivity contribution < 1.29 is 8.42 Å². The number of sulfonamides is 1. The van der Waals surface area contributed by atoms with Crippen molar-refractivity contribution in [2.45, 2.75) is 18.2 Å². The maximum atomic E-state index is 12.3. The molecule has 0 spiro atoms. The highest BCUT2D eigenvalue weighted by molar-refractivity contribution is 7.89. The van der Waals surface area contributed by atoms with Gasteiger partial charge >= 0.3 is 0 Å². The van der Waals surface area contributed by atoms with Gasteiger partial charge < -0.3 is 5.73 Å². The van der Waals surface area contributed by atoms with Crippen LogP contribution in [0.15, 0.2) is 29.2 Å². The number of hydrogen-bond acceptors (Lipinski definition) is 3. The van der Waals surface area contributed by atoms with Crippen LogP contribution in [0.25, 0.3) is 0 Å². The Morgan fingerprint density at radius 3 is 2.82 bits per heavy atom. The van der Waals surface area contributed by atoms with Crippen LogP contribution in [0, 0.1) is 12.8 Å². The fourth-order valence-corrected chi connectivity index (χ4v) is 3.77. The largest absolute Gasteiger partial charge is 0.330 e. The Kier molecular flexibility index (Phi) is 3.51. The average Bonchev–Trinajstić information content (AvgIpc) is 2.78. The average molecular weight is 254 g/mol. The highest BCUT2D eigenvalue weighted by Gasteiger charge is 2.31. The van der Waals surface area contributed by atoms with E-state index in [1.807, 2.05) is 13.0 Å². The number of nitrogens with two attached hydrogens (primary N) is 1. The lowest BCUT2D eigenvalue weighted by Crippen LogP contribution is -2.30. The molecule has 94 valence electrons. The summed E-state index contributed by atoms with van der Waals surface area (Å²) in [6.45, 7) is 3.58. The van der Waals surface area contributed by atoms with Gasteiger partial charge in [0, 0.05) is 13.1 Å². The Balaban J connectivity index is 2.25. The summed E-state index contributed by atoms with van der Waals surface area (Å²) < 4.78 is 26.2. The standard InChI is InChI=1S/C12H18N2O2S/c1-10-3-2-4-12(7-10)17(15,16)14-6-5-11(8-13)9-14/h2-4,7,11H,5-6,8-9,13H2,1H3/t11-/m1/s1. The van der Waals surface area contributed by atoms with Gasteiger partial charge in [-0.05, 0) is 43.5 Å². The van der Waals surface area contributed by atoms with E-state index in [9.17, 15) is 8.42 Å². The first-order chi connectivity index (χ1) is 8.04. The van der Waals surface area contributed by atoms with Gasteiger partial charge in [0.25, 0.3) is 0 Å². The topological polar surface area (TPSA) is 63.4 Å². The second kappa shape index (κ2) is 4.76. The van der Waals surface area contributed by atoms with Crippen molar-refractivity contribution in [3.8, 4) is 0 Å². The second-order valence-corrected chi connectivity index (χ2v) is 6.51. The quantitative estimate of drug-likeness (QED) is 0.874. The van der Waals surface area contributed by atoms with Crippen LogP contribution >= 0.6 is 0 Å². The fourth-order valence-electron chi connectivity index (χ4n) is 2.13. The van der Waals surface area contributed by atoms with Gasteiger partial charge in [-0.15, -0.1) is 0 Å². The molecule has 0 unspecified atom stereocenters. The maximum Gasteiger partial charge on any atom is 0.243 e. The normalized spacial score (nSPS) is 21.9. The van der Waals surface area contributed by atoms with Crippen LogP contribution in [0.3, 0.4) is 0 Å². The van der Waals surface area contributed by atoms with Crippen LogP contribution in [0.4, 0.5) is 0 Å². The number of nitrogens with zero attached hydrogens (tertiary/aromatic N) is 1. The van der Waals surface area contributed by atoms with E-state index in [2.05, 4.69) is 0 Å². The summed E-state index contributed by atoms with van der Waals surface area (Å²) >= 11 is 0. The highest BCUT2D eigenvalue weighted by Crippen LogP contribution is 2.24. The van der Waals surface area contributed by atoms with Crippen molar-refractivity contribution in [3.63, 3.8) is 0 Å². The molecule has 1 heterocycles. The molecule has 0 bridgehead atoms. The summed E-state index contributed by atoms with van der Waals surface area (Å²) in [6, 6.07) is 7.04. The zero-order valence-corrected chi connectivity index (χ0v) is 10.8. The van der Waals surface area contributed by atoms with Crippen molar-refractivity contribution in [1.82, 2.24) is 4.31 Å². The van der Waals surface area contributed by atoms with Gasteiger partial charge in [0.05, 0.1) is 4.90 Å². The first kappa shape index (κ1) is 12.5. The predicted molar refractivity (Wildman–Crippen MR) is 67.1 cm³/mol. The molecular formula is C12H18N2O2S. The number of aryl methyl sites for hydroxylation is 1. The monoisotopic (exact) mass is 254 g/mol. The molecular weight excluding hydrogens is 236 g/mol. The fraction of sp³-hybridized carbons (Fsp3) is 0.500. The summed E-state index contributed by atoms with van der Waals surface area (Å²) in [7, 11) is -3.33. The van der Waals surface area contributed by atoms with E-state index < -0.39 is 10.0 Å². The molecule has 2 rings (SSSR count). The molecule has 0 aliphatic carbocycles. The van der Waals surface area contributed by atoms with E-state index in [0.717, 1.165) is 12.0 Å². The van der Waals surface area contributed by atoms with E-state index in [1.165, 1.54) is 0 Å². The van der Waals surface area contributed by atoms with Crippen molar-refractivity contribution >= 4 is 10.0 Å². The van der Waals surface area contributed by atoms with Gasteiger partial charge in [0.15, 0.2) is 0 Å². The number of rotatable bonds is 3. The molecule has 2 N–H and O–H groups in total. The third-order valence-electron chi connectivity index (χ3n) is 3.21. The van der Waals surface area contributed by atoms with Crippen molar-refractivity contribution in [2.24, 2.45) is 11.7 Å². The van der Waals surface area contributed by atoms with E-state index in [-0.39, 0.29) is 0 Å². The third kappa shape index (κ3) is 2.51. The van der Waals surface area contributed by atoms with Crippen LogP contribution < -0.4 is 5.73 Å². The molecule has 1 atom stereocenters. The van der Waals surface area contributed by atoms with E-state index >= 15 is 0 Å². The van der Waals surface area contributed by atoms with Gasteiger partial charge in [-0.3, -0.25) is 0 Å². The Bertz CT molecular complexity index is 499. The van der Waals surface area contributed by atoms with Crippen LogP contribution in [0.1, 0.15) is 12.0 Å². The Hall–Kier alpha value is -0.910. The molecule has 0 aromatic heterocycles. The smallest absolute Gasteiger partial charge is 0.243 e. The summed E-state index contributed by atoms with van der Waals surface area (Å²) in [4.78, 5) is 0.384. The minimum Gasteiger partial charge on any atom is -0.330 e. The zero-order chi connectivity index (χ0) is 12.5. The lowest BCUT2D eigenvalue weighted by Gasteiger charge is -2.16. The molecule has 4 nitrogen and oxygen atoms in total. The number of hydrogen-bond donors (Lipinski definition) is 1. The second-order valence-electron chi connectivity index (χ2n) is 4.57. The first-order valence-corrected chi connectivity index (χ1v) is 7.25. The van der Waals surface area contributed by atoms with Gasteiger partial charge in [0.1, 0.15) is 0 Å². The first-order valence-electron chi connectivity index (χ1n) is 5.81. The van der Waals surface area contributed by atoms with Crippen molar-refractivity contribution in [3.05, 3.63) is 29.8 Å². The Morgan fingerprint density at radius 1 is 1.47 bits per heavy atom. The number of benzene rings is 1. The van der Waals surface area contributed by atoms with Crippen LogP contribution in [-0.2, 0) is 10.0 Å². The van der Waals surface area contributed by atoms with Gasteiger partial charge in [0.2, 0.25) is 10.0 Å². The Morgan fingerprint density at radius 2 is 2.24 bits per heavy atom. The van der Waals surface area contributed by atoms with Gasteiger partial charge in [-0.1, -0.05) is 12.1 Å². The van der Waals surface area contributed by atoms with E-state index in [1.54, 1.807) is 22.5 Å². The van der Waals surface area contributed by atoms with Gasteiger partial charge in [-0.2, -0.15) is 4.31 Å². The molecule has 17 heavy (non-hydrogen) atoms. The molecule has 1 aromatic rings. The molecule has 1 aromatic carbocycles. The van der Waals surface area contributed by atoms with E-state index in [4.69, 9.17) is 5.73 Å². The molecule has 0 amide bonds. The predicted octanol–water partition coefficient (Wildman–Crippen LogP) is 0.964. The molecule has 0 radical (unpaired) electrons. The molecule has 0 saturated carbocycles. The molecule has 1 aliphatic heterocycles. The zero-order valence-electron chi connectivity index (χ0n) is 9.96. The molecule has 1 fully saturated rings. The summed E-state index contributed by atoms with van der Waals surface area (Å²) in [5, 5.41) is 0. The van der Waals surface area contributed by atoms with Crippen LogP contribution in [0.5, 0.6) is 0 Å². The third-order valence-corrected chi connectivity index (χ3v) is 5.07. The van der Waals surface area contributed by atoms with E-state index in [0.29, 0.717) is 30.4 Å². The minimum atomic E-state index is -3.33. The molecule has 5 heteroatoms.